The van der Waals surface area contributed by atoms with E-state index in [1.54, 1.807) is 4.57 Å². The number of hydrogen-bond donors (Lipinski definition) is 1. The zero-order valence-electron chi connectivity index (χ0n) is 20.8. The van der Waals surface area contributed by atoms with Gasteiger partial charge in [0.15, 0.2) is 5.16 Å². The number of rotatable bonds is 6. The molecule has 2 aromatic carbocycles. The molecule has 6 nitrogen and oxygen atoms in total. The van der Waals surface area contributed by atoms with Gasteiger partial charge in [-0.25, -0.2) is 4.98 Å². The minimum atomic E-state index is -0.146. The van der Waals surface area contributed by atoms with Gasteiger partial charge in [0, 0.05) is 17.0 Å². The molecule has 1 aliphatic rings. The molecule has 0 saturated carbocycles. The van der Waals surface area contributed by atoms with E-state index in [9.17, 15) is 9.59 Å². The standard InChI is InChI=1S/C28H29N3O3S2/c1-16(2)22-13-21-23(14-34-22)36-26-25(21)27(33)31(20-11-7-18(4)8-12-20)28(30-26)35-15-24(32)29-19-9-5-17(3)6-10-19/h5-12,16,22H,13-15H2,1-4H3,(H,29,32)/t22-/m1/s1. The van der Waals surface area contributed by atoms with Gasteiger partial charge in [0.1, 0.15) is 4.83 Å². The largest absolute Gasteiger partial charge is 0.372 e. The summed E-state index contributed by atoms with van der Waals surface area (Å²) in [6.07, 6.45) is 0.797. The molecule has 2 aromatic heterocycles. The van der Waals surface area contributed by atoms with Crippen LogP contribution in [0.4, 0.5) is 5.69 Å². The van der Waals surface area contributed by atoms with Crippen LogP contribution in [0.2, 0.25) is 0 Å². The zero-order chi connectivity index (χ0) is 25.4. The molecular formula is C28H29N3O3S2. The number of carbonyl (C=O) groups is 1. The fraction of sp³-hybridized carbons (Fsp3) is 0.321. The van der Waals surface area contributed by atoms with Crippen LogP contribution in [0, 0.1) is 19.8 Å². The van der Waals surface area contributed by atoms with Crippen LogP contribution in [0.5, 0.6) is 0 Å². The van der Waals surface area contributed by atoms with Crippen LogP contribution in [-0.4, -0.2) is 27.3 Å². The van der Waals surface area contributed by atoms with Crippen LogP contribution in [0.15, 0.2) is 58.5 Å². The van der Waals surface area contributed by atoms with Crippen LogP contribution in [-0.2, 0) is 22.6 Å². The number of thioether (sulfide) groups is 1. The van der Waals surface area contributed by atoms with Gasteiger partial charge >= 0.3 is 0 Å². The number of aromatic nitrogens is 2. The van der Waals surface area contributed by atoms with E-state index in [1.165, 1.54) is 23.1 Å². The lowest BCUT2D eigenvalue weighted by atomic mass is 9.96. The highest BCUT2D eigenvalue weighted by Crippen LogP contribution is 2.36. The molecule has 0 fully saturated rings. The van der Waals surface area contributed by atoms with E-state index in [2.05, 4.69) is 19.2 Å². The van der Waals surface area contributed by atoms with Crippen molar-refractivity contribution in [3.63, 3.8) is 0 Å². The highest BCUT2D eigenvalue weighted by Gasteiger charge is 2.29. The third-order valence-electron chi connectivity index (χ3n) is 6.41. The van der Waals surface area contributed by atoms with Gasteiger partial charge < -0.3 is 10.1 Å². The number of carbonyl (C=O) groups excluding carboxylic acids is 1. The average molecular weight is 520 g/mol. The summed E-state index contributed by atoms with van der Waals surface area (Å²) in [5.74, 6) is 0.357. The molecule has 0 saturated heterocycles. The van der Waals surface area contributed by atoms with Crippen molar-refractivity contribution in [1.29, 1.82) is 0 Å². The molecule has 5 rings (SSSR count). The third kappa shape index (κ3) is 4.98. The Hall–Kier alpha value is -2.94. The van der Waals surface area contributed by atoms with Gasteiger partial charge in [-0.05, 0) is 49.6 Å². The predicted molar refractivity (Wildman–Crippen MR) is 148 cm³/mol. The third-order valence-corrected chi connectivity index (χ3v) is 8.45. The molecule has 1 N–H and O–H groups in total. The van der Waals surface area contributed by atoms with Crippen LogP contribution < -0.4 is 10.9 Å². The lowest BCUT2D eigenvalue weighted by Crippen LogP contribution is -2.28. The summed E-state index contributed by atoms with van der Waals surface area (Å²) in [6, 6.07) is 15.5. The van der Waals surface area contributed by atoms with E-state index < -0.39 is 0 Å². The van der Waals surface area contributed by atoms with Gasteiger partial charge in [0.2, 0.25) is 5.91 Å². The number of anilines is 1. The number of nitrogens with zero attached hydrogens (tertiary/aromatic N) is 2. The lowest BCUT2D eigenvalue weighted by molar-refractivity contribution is -0.113. The number of nitrogens with one attached hydrogen (secondary N) is 1. The SMILES string of the molecule is Cc1ccc(NC(=O)CSc2nc3sc4c(c3c(=O)n2-c2ccc(C)cc2)C[C@H](C(C)C)OC4)cc1. The Balaban J connectivity index is 1.52. The molecule has 36 heavy (non-hydrogen) atoms. The maximum atomic E-state index is 14.0. The van der Waals surface area contributed by atoms with E-state index in [-0.39, 0.29) is 23.3 Å². The van der Waals surface area contributed by atoms with Crippen LogP contribution in [0.25, 0.3) is 15.9 Å². The van der Waals surface area contributed by atoms with Crippen molar-refractivity contribution in [2.75, 3.05) is 11.1 Å². The highest BCUT2D eigenvalue weighted by molar-refractivity contribution is 7.99. The summed E-state index contributed by atoms with van der Waals surface area (Å²) < 4.78 is 7.70. The van der Waals surface area contributed by atoms with Gasteiger partial charge in [-0.2, -0.15) is 0 Å². The van der Waals surface area contributed by atoms with E-state index in [1.807, 2.05) is 62.4 Å². The van der Waals surface area contributed by atoms with Gasteiger partial charge in [-0.15, -0.1) is 11.3 Å². The summed E-state index contributed by atoms with van der Waals surface area (Å²) in [6.45, 7) is 8.81. The maximum Gasteiger partial charge on any atom is 0.267 e. The van der Waals surface area contributed by atoms with Crippen molar-refractivity contribution in [3.8, 4) is 5.69 Å². The molecular weight excluding hydrogens is 490 g/mol. The zero-order valence-corrected chi connectivity index (χ0v) is 22.5. The molecule has 186 valence electrons. The Morgan fingerprint density at radius 2 is 1.81 bits per heavy atom. The summed E-state index contributed by atoms with van der Waals surface area (Å²) in [4.78, 5) is 33.4. The minimum absolute atomic E-state index is 0.0852. The van der Waals surface area contributed by atoms with E-state index in [4.69, 9.17) is 9.72 Å². The first-order chi connectivity index (χ1) is 17.3. The first-order valence-corrected chi connectivity index (χ1v) is 13.9. The van der Waals surface area contributed by atoms with Crippen molar-refractivity contribution in [2.45, 2.75) is 52.0 Å². The molecule has 0 unspecified atom stereocenters. The highest BCUT2D eigenvalue weighted by atomic mass is 32.2. The first kappa shape index (κ1) is 24.7. The van der Waals surface area contributed by atoms with E-state index in [0.717, 1.165) is 32.9 Å². The van der Waals surface area contributed by atoms with Crippen molar-refractivity contribution < 1.29 is 9.53 Å². The molecule has 1 amide bonds. The Morgan fingerprint density at radius 3 is 2.47 bits per heavy atom. The van der Waals surface area contributed by atoms with E-state index in [0.29, 0.717) is 34.3 Å². The van der Waals surface area contributed by atoms with Gasteiger partial charge in [0.25, 0.3) is 5.56 Å². The summed E-state index contributed by atoms with van der Waals surface area (Å²) in [7, 11) is 0. The Morgan fingerprint density at radius 1 is 1.14 bits per heavy atom. The average Bonchev–Trinajstić information content (AvgIpc) is 3.23. The molecule has 0 bridgehead atoms. The molecule has 0 aliphatic carbocycles. The summed E-state index contributed by atoms with van der Waals surface area (Å²) in [5, 5.41) is 4.11. The fourth-order valence-electron chi connectivity index (χ4n) is 4.32. The Bertz CT molecular complexity index is 1470. The predicted octanol–water partition coefficient (Wildman–Crippen LogP) is 5.89. The van der Waals surface area contributed by atoms with Crippen LogP contribution in [0.1, 0.15) is 35.4 Å². The summed E-state index contributed by atoms with van der Waals surface area (Å²) >= 11 is 2.80. The second-order valence-corrected chi connectivity index (χ2v) is 11.6. The van der Waals surface area contributed by atoms with Crippen molar-refractivity contribution in [1.82, 2.24) is 9.55 Å². The molecule has 3 heterocycles. The van der Waals surface area contributed by atoms with Gasteiger partial charge in [0.05, 0.1) is 29.5 Å². The fourth-order valence-corrected chi connectivity index (χ4v) is 6.30. The van der Waals surface area contributed by atoms with Crippen molar-refractivity contribution in [3.05, 3.63) is 80.5 Å². The topological polar surface area (TPSA) is 73.2 Å². The van der Waals surface area contributed by atoms with Gasteiger partial charge in [-0.1, -0.05) is 61.0 Å². The summed E-state index contributed by atoms with van der Waals surface area (Å²) in [5.41, 5.74) is 4.70. The number of fused-ring (bicyclic) bond motifs is 3. The second-order valence-electron chi connectivity index (χ2n) is 9.55. The smallest absolute Gasteiger partial charge is 0.267 e. The quantitative estimate of drug-likeness (QED) is 0.254. The number of hydrogen-bond acceptors (Lipinski definition) is 6. The van der Waals surface area contributed by atoms with Crippen LogP contribution in [0.3, 0.4) is 0 Å². The number of aryl methyl sites for hydroxylation is 2. The molecule has 8 heteroatoms. The molecule has 1 atom stereocenters. The molecule has 4 aromatic rings. The first-order valence-electron chi connectivity index (χ1n) is 12.1. The lowest BCUT2D eigenvalue weighted by Gasteiger charge is -2.26. The molecule has 0 radical (unpaired) electrons. The van der Waals surface area contributed by atoms with Crippen molar-refractivity contribution >= 4 is 44.9 Å². The number of thiophene rings is 1. The Kier molecular flexibility index (Phi) is 7.01. The normalized spacial score (nSPS) is 15.3. The number of amides is 1. The Labute approximate surface area is 218 Å². The minimum Gasteiger partial charge on any atom is -0.372 e. The maximum absolute atomic E-state index is 14.0. The molecule has 1 aliphatic heterocycles. The van der Waals surface area contributed by atoms with Crippen LogP contribution >= 0.6 is 23.1 Å². The van der Waals surface area contributed by atoms with Crippen molar-refractivity contribution in [2.24, 2.45) is 5.92 Å². The molecule has 0 spiro atoms. The number of benzene rings is 2. The van der Waals surface area contributed by atoms with E-state index >= 15 is 0 Å². The second kappa shape index (κ2) is 10.2. The monoisotopic (exact) mass is 519 g/mol. The van der Waals surface area contributed by atoms with Gasteiger partial charge in [-0.3, -0.25) is 14.2 Å². The number of ether oxygens (including phenoxy) is 1.